The molecule has 4 heteroatoms. The maximum absolute atomic E-state index is 11.6. The first-order valence-corrected chi connectivity index (χ1v) is 9.73. The fourth-order valence-corrected chi connectivity index (χ4v) is 3.10. The fourth-order valence-electron chi connectivity index (χ4n) is 3.10. The summed E-state index contributed by atoms with van der Waals surface area (Å²) in [6, 6.07) is 21.9. The summed E-state index contributed by atoms with van der Waals surface area (Å²) in [5, 5.41) is 16.0. The monoisotopic (exact) mass is 377 g/mol. The first-order valence-electron chi connectivity index (χ1n) is 9.73. The van der Waals surface area contributed by atoms with Crippen molar-refractivity contribution in [1.29, 1.82) is 0 Å². The first kappa shape index (κ1) is 20.1. The Morgan fingerprint density at radius 2 is 1.75 bits per heavy atom. The molecule has 0 heterocycles. The molecule has 0 bridgehead atoms. The van der Waals surface area contributed by atoms with Gasteiger partial charge in [0, 0.05) is 24.6 Å². The van der Waals surface area contributed by atoms with Crippen LogP contribution in [0.25, 0.3) is 10.8 Å². The summed E-state index contributed by atoms with van der Waals surface area (Å²) in [5.74, 6) is 0.757. The molecule has 0 aliphatic carbocycles. The highest BCUT2D eigenvalue weighted by molar-refractivity contribution is 5.95. The number of ketones is 1. The molecule has 3 rings (SSSR count). The second-order valence-electron chi connectivity index (χ2n) is 7.00. The molecule has 0 amide bonds. The van der Waals surface area contributed by atoms with E-state index in [2.05, 4.69) is 42.6 Å². The molecule has 0 fully saturated rings. The van der Waals surface area contributed by atoms with E-state index < -0.39 is 6.10 Å². The topological polar surface area (TPSA) is 58.6 Å². The standard InChI is InChI=1S/C24H27NO3/c1-3-24(27)19-10-12-23(13-11-19)28-16-22(26)15-25-17(2)20-9-8-18-6-4-5-7-21(18)14-20/h4-14,17,22,25-26H,3,15-16H2,1-2H3/t17-,22+/m1/s1. The molecule has 4 nitrogen and oxygen atoms in total. The minimum atomic E-state index is -0.625. The van der Waals surface area contributed by atoms with Crippen LogP contribution < -0.4 is 10.1 Å². The number of carbonyl (C=O) groups is 1. The van der Waals surface area contributed by atoms with Crippen LogP contribution in [0.4, 0.5) is 0 Å². The van der Waals surface area contributed by atoms with Gasteiger partial charge < -0.3 is 15.2 Å². The van der Waals surface area contributed by atoms with Crippen LogP contribution in [0.2, 0.25) is 0 Å². The smallest absolute Gasteiger partial charge is 0.162 e. The second-order valence-corrected chi connectivity index (χ2v) is 7.00. The minimum absolute atomic E-state index is 0.110. The van der Waals surface area contributed by atoms with Crippen LogP contribution >= 0.6 is 0 Å². The van der Waals surface area contributed by atoms with Gasteiger partial charge in [-0.05, 0) is 53.6 Å². The van der Waals surface area contributed by atoms with Crippen LogP contribution in [0.15, 0.2) is 66.7 Å². The van der Waals surface area contributed by atoms with E-state index in [-0.39, 0.29) is 18.4 Å². The lowest BCUT2D eigenvalue weighted by Gasteiger charge is -2.18. The van der Waals surface area contributed by atoms with E-state index in [1.807, 2.05) is 19.1 Å². The Morgan fingerprint density at radius 1 is 1.04 bits per heavy atom. The zero-order valence-corrected chi connectivity index (χ0v) is 16.4. The average molecular weight is 377 g/mol. The Kier molecular flexibility index (Phi) is 6.80. The highest BCUT2D eigenvalue weighted by Crippen LogP contribution is 2.20. The zero-order valence-electron chi connectivity index (χ0n) is 16.4. The van der Waals surface area contributed by atoms with Gasteiger partial charge in [0.1, 0.15) is 18.5 Å². The lowest BCUT2D eigenvalue weighted by Crippen LogP contribution is -2.33. The molecule has 0 unspecified atom stereocenters. The Morgan fingerprint density at radius 3 is 2.46 bits per heavy atom. The van der Waals surface area contributed by atoms with E-state index >= 15 is 0 Å². The van der Waals surface area contributed by atoms with E-state index in [9.17, 15) is 9.90 Å². The molecule has 0 aromatic heterocycles. The number of nitrogens with one attached hydrogen (secondary N) is 1. The van der Waals surface area contributed by atoms with Crippen molar-refractivity contribution in [3.63, 3.8) is 0 Å². The summed E-state index contributed by atoms with van der Waals surface area (Å²) >= 11 is 0. The van der Waals surface area contributed by atoms with Gasteiger partial charge in [0.15, 0.2) is 5.78 Å². The van der Waals surface area contributed by atoms with Gasteiger partial charge in [-0.1, -0.05) is 43.3 Å². The molecule has 28 heavy (non-hydrogen) atoms. The Hall–Kier alpha value is -2.69. The van der Waals surface area contributed by atoms with Gasteiger partial charge in [0.2, 0.25) is 0 Å². The van der Waals surface area contributed by atoms with E-state index in [1.54, 1.807) is 24.3 Å². The van der Waals surface area contributed by atoms with Crippen molar-refractivity contribution in [3.8, 4) is 5.75 Å². The predicted octanol–water partition coefficient (Wildman–Crippen LogP) is 4.52. The highest BCUT2D eigenvalue weighted by Gasteiger charge is 2.10. The number of hydrogen-bond acceptors (Lipinski definition) is 4. The molecule has 146 valence electrons. The molecule has 0 spiro atoms. The van der Waals surface area contributed by atoms with Crippen molar-refractivity contribution in [2.45, 2.75) is 32.4 Å². The number of aliphatic hydroxyl groups is 1. The van der Waals surface area contributed by atoms with Crippen LogP contribution in [-0.2, 0) is 0 Å². The van der Waals surface area contributed by atoms with Gasteiger partial charge in [0.05, 0.1) is 0 Å². The Balaban J connectivity index is 1.47. The van der Waals surface area contributed by atoms with Crippen molar-refractivity contribution < 1.29 is 14.6 Å². The molecule has 3 aromatic carbocycles. The van der Waals surface area contributed by atoms with E-state index in [0.29, 0.717) is 24.3 Å². The third kappa shape index (κ3) is 5.18. The Bertz CT molecular complexity index is 921. The largest absolute Gasteiger partial charge is 0.491 e. The Labute approximate surface area is 166 Å². The van der Waals surface area contributed by atoms with Gasteiger partial charge in [0.25, 0.3) is 0 Å². The maximum Gasteiger partial charge on any atom is 0.162 e. The first-order chi connectivity index (χ1) is 13.6. The van der Waals surface area contributed by atoms with Crippen molar-refractivity contribution in [3.05, 3.63) is 77.9 Å². The number of ether oxygens (including phenoxy) is 1. The summed E-state index contributed by atoms with van der Waals surface area (Å²) in [4.78, 5) is 11.6. The lowest BCUT2D eigenvalue weighted by atomic mass is 10.0. The van der Waals surface area contributed by atoms with Crippen molar-refractivity contribution in [2.75, 3.05) is 13.2 Å². The summed E-state index contributed by atoms with van der Waals surface area (Å²) in [6.45, 7) is 4.55. The summed E-state index contributed by atoms with van der Waals surface area (Å²) in [5.41, 5.74) is 1.87. The number of fused-ring (bicyclic) bond motifs is 1. The molecule has 2 atom stereocenters. The lowest BCUT2D eigenvalue weighted by molar-refractivity contribution is 0.0986. The van der Waals surface area contributed by atoms with Gasteiger partial charge in [-0.25, -0.2) is 0 Å². The predicted molar refractivity (Wildman–Crippen MR) is 113 cm³/mol. The molecular formula is C24H27NO3. The van der Waals surface area contributed by atoms with Gasteiger partial charge >= 0.3 is 0 Å². The number of hydrogen-bond donors (Lipinski definition) is 2. The second kappa shape index (κ2) is 9.49. The number of Topliss-reactive ketones (excluding diaryl/α,β-unsaturated/α-hetero) is 1. The quantitative estimate of drug-likeness (QED) is 0.538. The van der Waals surface area contributed by atoms with Gasteiger partial charge in [-0.15, -0.1) is 0 Å². The SMILES string of the molecule is CCC(=O)c1ccc(OC[C@@H](O)CN[C@H](C)c2ccc3ccccc3c2)cc1. The van der Waals surface area contributed by atoms with Gasteiger partial charge in [-0.3, -0.25) is 4.79 Å². The molecule has 0 aliphatic heterocycles. The van der Waals surface area contributed by atoms with Gasteiger partial charge in [-0.2, -0.15) is 0 Å². The normalized spacial score (nSPS) is 13.2. The molecule has 2 N–H and O–H groups in total. The van der Waals surface area contributed by atoms with Crippen LogP contribution in [0.3, 0.4) is 0 Å². The van der Waals surface area contributed by atoms with E-state index in [0.717, 1.165) is 0 Å². The van der Waals surface area contributed by atoms with Crippen molar-refractivity contribution in [1.82, 2.24) is 5.32 Å². The van der Waals surface area contributed by atoms with Crippen LogP contribution in [0.1, 0.15) is 42.2 Å². The van der Waals surface area contributed by atoms with E-state index in [1.165, 1.54) is 16.3 Å². The van der Waals surface area contributed by atoms with Crippen LogP contribution in [0.5, 0.6) is 5.75 Å². The molecule has 0 saturated heterocycles. The molecule has 3 aromatic rings. The summed E-state index contributed by atoms with van der Waals surface area (Å²) in [7, 11) is 0. The average Bonchev–Trinajstić information content (AvgIpc) is 2.75. The molecular weight excluding hydrogens is 350 g/mol. The minimum Gasteiger partial charge on any atom is -0.491 e. The third-order valence-corrected chi connectivity index (χ3v) is 4.87. The summed E-state index contributed by atoms with van der Waals surface area (Å²) in [6.07, 6.45) is -0.139. The van der Waals surface area contributed by atoms with Crippen molar-refractivity contribution in [2.24, 2.45) is 0 Å². The third-order valence-electron chi connectivity index (χ3n) is 4.87. The highest BCUT2D eigenvalue weighted by atomic mass is 16.5. The number of aliphatic hydroxyl groups excluding tert-OH is 1. The fraction of sp³-hybridized carbons (Fsp3) is 0.292. The molecule has 0 aliphatic rings. The number of benzene rings is 3. The van der Waals surface area contributed by atoms with Crippen molar-refractivity contribution >= 4 is 16.6 Å². The van der Waals surface area contributed by atoms with Crippen LogP contribution in [-0.4, -0.2) is 30.1 Å². The van der Waals surface area contributed by atoms with E-state index in [4.69, 9.17) is 4.74 Å². The molecule has 0 saturated carbocycles. The zero-order chi connectivity index (χ0) is 19.9. The number of rotatable bonds is 9. The summed E-state index contributed by atoms with van der Waals surface area (Å²) < 4.78 is 5.63. The van der Waals surface area contributed by atoms with Crippen LogP contribution in [0, 0.1) is 0 Å². The number of carbonyl (C=O) groups excluding carboxylic acids is 1. The maximum atomic E-state index is 11.6. The molecule has 0 radical (unpaired) electrons.